The molecule has 0 aromatic carbocycles. The number of amides is 1. The minimum Gasteiger partial charge on any atom is -0.459 e. The molecular weight excluding hydrogens is 384 g/mol. The van der Waals surface area contributed by atoms with Gasteiger partial charge in [-0.15, -0.1) is 0 Å². The number of nitrogens with zero attached hydrogens (tertiary/aromatic N) is 4. The SMILES string of the molecule is CCOC(=O)C(=O)N1CCN(c2nc(C(C)C)c3c(c2C#N)CC(C)(C)OC3)CC1. The van der Waals surface area contributed by atoms with Crippen molar-refractivity contribution in [1.29, 1.82) is 5.26 Å². The maximum Gasteiger partial charge on any atom is 0.397 e. The summed E-state index contributed by atoms with van der Waals surface area (Å²) < 4.78 is 10.8. The minimum absolute atomic E-state index is 0.174. The van der Waals surface area contributed by atoms with Gasteiger partial charge in [-0.25, -0.2) is 9.78 Å². The van der Waals surface area contributed by atoms with Crippen LogP contribution < -0.4 is 4.90 Å². The molecule has 8 heteroatoms. The van der Waals surface area contributed by atoms with E-state index in [1.165, 1.54) is 4.90 Å². The number of pyridine rings is 1. The molecule has 0 atom stereocenters. The van der Waals surface area contributed by atoms with Crippen LogP contribution in [-0.4, -0.2) is 60.1 Å². The molecule has 0 saturated carbocycles. The van der Waals surface area contributed by atoms with Crippen molar-refractivity contribution in [2.45, 2.75) is 59.2 Å². The Hall–Kier alpha value is -2.66. The lowest BCUT2D eigenvalue weighted by Crippen LogP contribution is -2.51. The molecule has 0 radical (unpaired) electrons. The lowest BCUT2D eigenvalue weighted by atomic mass is 9.86. The summed E-state index contributed by atoms with van der Waals surface area (Å²) in [6.07, 6.45) is 0.655. The van der Waals surface area contributed by atoms with E-state index in [9.17, 15) is 14.9 Å². The molecule has 2 aliphatic rings. The van der Waals surface area contributed by atoms with E-state index in [1.54, 1.807) is 6.92 Å². The van der Waals surface area contributed by atoms with Gasteiger partial charge in [0.05, 0.1) is 30.1 Å². The molecule has 30 heavy (non-hydrogen) atoms. The highest BCUT2D eigenvalue weighted by Crippen LogP contribution is 2.37. The van der Waals surface area contributed by atoms with E-state index in [1.807, 2.05) is 18.7 Å². The van der Waals surface area contributed by atoms with Gasteiger partial charge in [-0.2, -0.15) is 5.26 Å². The van der Waals surface area contributed by atoms with Crippen molar-refractivity contribution < 1.29 is 19.1 Å². The Morgan fingerprint density at radius 3 is 2.47 bits per heavy atom. The van der Waals surface area contributed by atoms with Gasteiger partial charge in [-0.05, 0) is 32.3 Å². The fourth-order valence-electron chi connectivity index (χ4n) is 4.05. The lowest BCUT2D eigenvalue weighted by molar-refractivity contribution is -0.160. The first-order valence-corrected chi connectivity index (χ1v) is 10.5. The smallest absolute Gasteiger partial charge is 0.397 e. The van der Waals surface area contributed by atoms with Gasteiger partial charge in [0.2, 0.25) is 0 Å². The molecule has 0 spiro atoms. The zero-order chi connectivity index (χ0) is 22.1. The summed E-state index contributed by atoms with van der Waals surface area (Å²) in [5.74, 6) is -0.570. The highest BCUT2D eigenvalue weighted by atomic mass is 16.5. The first-order valence-electron chi connectivity index (χ1n) is 10.5. The quantitative estimate of drug-likeness (QED) is 0.552. The number of esters is 1. The van der Waals surface area contributed by atoms with Crippen LogP contribution in [-0.2, 0) is 32.1 Å². The zero-order valence-corrected chi connectivity index (χ0v) is 18.4. The summed E-state index contributed by atoms with van der Waals surface area (Å²) in [5.41, 5.74) is 3.26. The van der Waals surface area contributed by atoms with E-state index in [0.717, 1.165) is 16.8 Å². The minimum atomic E-state index is -0.820. The molecule has 0 N–H and O–H groups in total. The molecular formula is C22H30N4O4. The molecule has 1 aromatic heterocycles. The molecule has 162 valence electrons. The fraction of sp³-hybridized carbons (Fsp3) is 0.636. The van der Waals surface area contributed by atoms with Gasteiger partial charge in [-0.3, -0.25) is 4.79 Å². The second kappa shape index (κ2) is 8.60. The summed E-state index contributed by atoms with van der Waals surface area (Å²) in [5, 5.41) is 9.99. The number of carbonyl (C=O) groups is 2. The molecule has 0 unspecified atom stereocenters. The number of ether oxygens (including phenoxy) is 2. The van der Waals surface area contributed by atoms with Crippen molar-refractivity contribution >= 4 is 17.7 Å². The molecule has 2 aliphatic heterocycles. The topological polar surface area (TPSA) is 95.8 Å². The summed E-state index contributed by atoms with van der Waals surface area (Å²) in [6.45, 7) is 12.3. The number of carbonyl (C=O) groups excluding carboxylic acids is 2. The molecule has 0 bridgehead atoms. The van der Waals surface area contributed by atoms with Crippen molar-refractivity contribution in [1.82, 2.24) is 9.88 Å². The Kier molecular flexibility index (Phi) is 6.32. The van der Waals surface area contributed by atoms with E-state index < -0.39 is 11.9 Å². The van der Waals surface area contributed by atoms with E-state index in [2.05, 4.69) is 19.9 Å². The van der Waals surface area contributed by atoms with E-state index in [-0.39, 0.29) is 18.1 Å². The highest BCUT2D eigenvalue weighted by molar-refractivity contribution is 6.32. The van der Waals surface area contributed by atoms with Crippen LogP contribution in [0.1, 0.15) is 62.9 Å². The Morgan fingerprint density at radius 1 is 1.23 bits per heavy atom. The van der Waals surface area contributed by atoms with Crippen LogP contribution in [0.5, 0.6) is 0 Å². The van der Waals surface area contributed by atoms with Gasteiger partial charge >= 0.3 is 11.9 Å². The molecule has 1 aromatic rings. The zero-order valence-electron chi connectivity index (χ0n) is 18.4. The lowest BCUT2D eigenvalue weighted by Gasteiger charge is -2.38. The predicted octanol–water partition coefficient (Wildman–Crippen LogP) is 2.14. The van der Waals surface area contributed by atoms with Gasteiger partial charge in [0.25, 0.3) is 0 Å². The first-order chi connectivity index (χ1) is 14.2. The second-order valence-corrected chi connectivity index (χ2v) is 8.64. The Balaban J connectivity index is 1.90. The number of piperazine rings is 1. The van der Waals surface area contributed by atoms with Crippen molar-refractivity contribution in [3.05, 3.63) is 22.4 Å². The van der Waals surface area contributed by atoms with E-state index in [0.29, 0.717) is 50.6 Å². The van der Waals surface area contributed by atoms with Crippen LogP contribution in [0, 0.1) is 11.3 Å². The monoisotopic (exact) mass is 414 g/mol. The number of fused-ring (bicyclic) bond motifs is 1. The van der Waals surface area contributed by atoms with Crippen molar-refractivity contribution in [3.8, 4) is 6.07 Å². The summed E-state index contributed by atoms with van der Waals surface area (Å²) >= 11 is 0. The standard InChI is InChI=1S/C22H30N4O4/c1-6-29-21(28)20(27)26-9-7-25(8-10-26)19-16(12-23)15-11-22(4,5)30-13-17(15)18(24-19)14(2)3/h14H,6-11,13H2,1-5H3. The molecule has 1 amide bonds. The molecule has 8 nitrogen and oxygen atoms in total. The fourth-order valence-corrected chi connectivity index (χ4v) is 4.05. The summed E-state index contributed by atoms with van der Waals surface area (Å²) in [6, 6.07) is 2.38. The Morgan fingerprint density at radius 2 is 1.90 bits per heavy atom. The third-order valence-electron chi connectivity index (χ3n) is 5.61. The summed E-state index contributed by atoms with van der Waals surface area (Å²) in [4.78, 5) is 32.4. The van der Waals surface area contributed by atoms with Gasteiger partial charge < -0.3 is 19.3 Å². The number of aromatic nitrogens is 1. The third-order valence-corrected chi connectivity index (χ3v) is 5.61. The molecule has 3 rings (SSSR count). The second-order valence-electron chi connectivity index (χ2n) is 8.64. The van der Waals surface area contributed by atoms with Crippen LogP contribution in [0.4, 0.5) is 5.82 Å². The predicted molar refractivity (Wildman–Crippen MR) is 111 cm³/mol. The number of hydrogen-bond donors (Lipinski definition) is 0. The van der Waals surface area contributed by atoms with Crippen LogP contribution in [0.25, 0.3) is 0 Å². The van der Waals surface area contributed by atoms with Crippen LogP contribution in [0.15, 0.2) is 0 Å². The number of nitriles is 1. The maximum absolute atomic E-state index is 12.2. The largest absolute Gasteiger partial charge is 0.459 e. The molecule has 0 aliphatic carbocycles. The number of anilines is 1. The maximum atomic E-state index is 12.2. The Bertz CT molecular complexity index is 880. The normalized spacial score (nSPS) is 18.0. The van der Waals surface area contributed by atoms with Crippen LogP contribution in [0.3, 0.4) is 0 Å². The van der Waals surface area contributed by atoms with Gasteiger partial charge in [-0.1, -0.05) is 13.8 Å². The van der Waals surface area contributed by atoms with Crippen molar-refractivity contribution in [2.75, 3.05) is 37.7 Å². The number of hydrogen-bond acceptors (Lipinski definition) is 7. The van der Waals surface area contributed by atoms with E-state index in [4.69, 9.17) is 14.5 Å². The van der Waals surface area contributed by atoms with Crippen molar-refractivity contribution in [2.24, 2.45) is 0 Å². The number of rotatable bonds is 3. The molecule has 1 fully saturated rings. The molecule has 1 saturated heterocycles. The highest BCUT2D eigenvalue weighted by Gasteiger charge is 2.34. The van der Waals surface area contributed by atoms with Gasteiger partial charge in [0.15, 0.2) is 0 Å². The van der Waals surface area contributed by atoms with Crippen molar-refractivity contribution in [3.63, 3.8) is 0 Å². The average molecular weight is 415 g/mol. The van der Waals surface area contributed by atoms with Gasteiger partial charge in [0, 0.05) is 38.2 Å². The summed E-state index contributed by atoms with van der Waals surface area (Å²) in [7, 11) is 0. The average Bonchev–Trinajstić information content (AvgIpc) is 2.71. The first kappa shape index (κ1) is 22.0. The van der Waals surface area contributed by atoms with Crippen LogP contribution >= 0.6 is 0 Å². The molecule has 3 heterocycles. The van der Waals surface area contributed by atoms with Gasteiger partial charge in [0.1, 0.15) is 11.9 Å². The third kappa shape index (κ3) is 4.26. The Labute approximate surface area is 177 Å². The van der Waals surface area contributed by atoms with E-state index >= 15 is 0 Å². The van der Waals surface area contributed by atoms with Crippen LogP contribution in [0.2, 0.25) is 0 Å².